The summed E-state index contributed by atoms with van der Waals surface area (Å²) in [4.78, 5) is 11.5. The molecule has 0 spiro atoms. The Labute approximate surface area is 177 Å². The predicted molar refractivity (Wildman–Crippen MR) is 118 cm³/mol. The van der Waals surface area contributed by atoms with Crippen molar-refractivity contribution in [3.8, 4) is 17.2 Å². The van der Waals surface area contributed by atoms with Gasteiger partial charge in [-0.3, -0.25) is 0 Å². The molecule has 0 fully saturated rings. The maximum Gasteiger partial charge on any atom is 0.335 e. The molecule has 0 radical (unpaired) electrons. The zero-order valence-corrected chi connectivity index (χ0v) is 17.7. The van der Waals surface area contributed by atoms with E-state index in [-0.39, 0.29) is 5.92 Å². The van der Waals surface area contributed by atoms with Crippen molar-refractivity contribution in [2.45, 2.75) is 33.6 Å². The van der Waals surface area contributed by atoms with Gasteiger partial charge in [-0.15, -0.1) is 0 Å². The van der Waals surface area contributed by atoms with Gasteiger partial charge in [-0.05, 0) is 78.8 Å². The van der Waals surface area contributed by atoms with E-state index in [9.17, 15) is 15.0 Å². The molecule has 3 rings (SSSR count). The lowest BCUT2D eigenvalue weighted by atomic mass is 9.82. The number of benzene rings is 3. The van der Waals surface area contributed by atoms with E-state index in [0.29, 0.717) is 17.2 Å². The molecule has 4 nitrogen and oxygen atoms in total. The smallest absolute Gasteiger partial charge is 0.335 e. The highest BCUT2D eigenvalue weighted by Gasteiger charge is 2.21. The number of hydrogen-bond donors (Lipinski definition) is 2. The summed E-state index contributed by atoms with van der Waals surface area (Å²) in [5.41, 5.74) is 6.28. The molecule has 154 valence electrons. The highest BCUT2D eigenvalue weighted by atomic mass is 16.5. The zero-order valence-electron chi connectivity index (χ0n) is 17.7. The normalized spacial score (nSPS) is 10.8. The van der Waals surface area contributed by atoms with Crippen LogP contribution in [-0.2, 0) is 4.79 Å². The molecule has 2 N–H and O–H groups in total. The average Bonchev–Trinajstić information content (AvgIpc) is 2.71. The van der Waals surface area contributed by atoms with Gasteiger partial charge in [-0.2, -0.15) is 0 Å². The number of carbonyl (C=O) groups excluding carboxylic acids is 1. The van der Waals surface area contributed by atoms with Crippen LogP contribution in [0.3, 0.4) is 0 Å². The number of phenols is 2. The number of aryl methyl sites for hydroxylation is 4. The minimum Gasteiger partial charge on any atom is -0.507 e. The molecule has 0 saturated carbocycles. The Kier molecular flexibility index (Phi) is 5.97. The Morgan fingerprint density at radius 2 is 1.20 bits per heavy atom. The van der Waals surface area contributed by atoms with Crippen LogP contribution in [0, 0.1) is 27.7 Å². The molecule has 30 heavy (non-hydrogen) atoms. The SMILES string of the molecule is C=CC(=O)Oc1ccc(C(c2cc(C)c(O)c(C)c2)c2cc(C)c(O)c(C)c2)cc1. The summed E-state index contributed by atoms with van der Waals surface area (Å²) in [5, 5.41) is 20.5. The highest BCUT2D eigenvalue weighted by molar-refractivity contribution is 5.83. The summed E-state index contributed by atoms with van der Waals surface area (Å²) in [6.45, 7) is 10.9. The first kappa shape index (κ1) is 21.2. The Morgan fingerprint density at radius 1 is 0.800 bits per heavy atom. The third kappa shape index (κ3) is 4.23. The van der Waals surface area contributed by atoms with E-state index in [1.165, 1.54) is 0 Å². The van der Waals surface area contributed by atoms with Crippen LogP contribution in [0.15, 0.2) is 61.2 Å². The van der Waals surface area contributed by atoms with E-state index in [0.717, 1.165) is 45.0 Å². The van der Waals surface area contributed by atoms with Gasteiger partial charge in [0.05, 0.1) is 0 Å². The summed E-state index contributed by atoms with van der Waals surface area (Å²) in [7, 11) is 0. The van der Waals surface area contributed by atoms with Gasteiger partial charge < -0.3 is 14.9 Å². The molecule has 0 unspecified atom stereocenters. The van der Waals surface area contributed by atoms with E-state index in [4.69, 9.17) is 4.74 Å². The fraction of sp³-hybridized carbons (Fsp3) is 0.192. The summed E-state index contributed by atoms with van der Waals surface area (Å²) in [5.74, 6) is 0.405. The molecular weight excluding hydrogens is 376 g/mol. The van der Waals surface area contributed by atoms with Crippen molar-refractivity contribution in [3.05, 3.63) is 100 Å². The fourth-order valence-electron chi connectivity index (χ4n) is 3.78. The van der Waals surface area contributed by atoms with Crippen LogP contribution in [0.2, 0.25) is 0 Å². The van der Waals surface area contributed by atoms with Crippen LogP contribution in [0.4, 0.5) is 0 Å². The van der Waals surface area contributed by atoms with Gasteiger partial charge in [0, 0.05) is 12.0 Å². The second kappa shape index (κ2) is 8.46. The summed E-state index contributed by atoms with van der Waals surface area (Å²) >= 11 is 0. The maximum atomic E-state index is 11.5. The Balaban J connectivity index is 2.15. The average molecular weight is 402 g/mol. The van der Waals surface area contributed by atoms with Crippen molar-refractivity contribution >= 4 is 5.97 Å². The Morgan fingerprint density at radius 3 is 1.57 bits per heavy atom. The lowest BCUT2D eigenvalue weighted by Crippen LogP contribution is -2.07. The number of aromatic hydroxyl groups is 2. The third-order valence-corrected chi connectivity index (χ3v) is 5.29. The zero-order chi connectivity index (χ0) is 22.0. The molecule has 0 saturated heterocycles. The first-order chi connectivity index (χ1) is 14.2. The quantitative estimate of drug-likeness (QED) is 0.252. The number of ether oxygens (including phenoxy) is 1. The first-order valence-corrected chi connectivity index (χ1v) is 9.75. The first-order valence-electron chi connectivity index (χ1n) is 9.75. The lowest BCUT2D eigenvalue weighted by molar-refractivity contribution is -0.128. The summed E-state index contributed by atoms with van der Waals surface area (Å²) < 4.78 is 5.19. The molecule has 0 aromatic heterocycles. The van der Waals surface area contributed by atoms with Gasteiger partial charge in [-0.25, -0.2) is 4.79 Å². The number of phenolic OH excluding ortho intramolecular Hbond substituents is 2. The lowest BCUT2D eigenvalue weighted by Gasteiger charge is -2.22. The third-order valence-electron chi connectivity index (χ3n) is 5.29. The van der Waals surface area contributed by atoms with Crippen molar-refractivity contribution in [2.24, 2.45) is 0 Å². The molecule has 0 bridgehead atoms. The molecule has 3 aromatic carbocycles. The van der Waals surface area contributed by atoms with E-state index < -0.39 is 5.97 Å². The number of carbonyl (C=O) groups is 1. The van der Waals surface area contributed by atoms with Crippen molar-refractivity contribution in [1.82, 2.24) is 0 Å². The van der Waals surface area contributed by atoms with Crippen molar-refractivity contribution in [2.75, 3.05) is 0 Å². The molecule has 0 aliphatic carbocycles. The molecule has 0 amide bonds. The fourth-order valence-corrected chi connectivity index (χ4v) is 3.78. The number of rotatable bonds is 5. The number of hydrogen-bond acceptors (Lipinski definition) is 4. The summed E-state index contributed by atoms with van der Waals surface area (Å²) in [6, 6.07) is 15.3. The molecule has 0 aliphatic heterocycles. The Bertz CT molecular complexity index is 1010. The topological polar surface area (TPSA) is 66.8 Å². The van der Waals surface area contributed by atoms with E-state index in [1.807, 2.05) is 64.1 Å². The largest absolute Gasteiger partial charge is 0.507 e. The highest BCUT2D eigenvalue weighted by Crippen LogP contribution is 2.38. The van der Waals surface area contributed by atoms with Crippen molar-refractivity contribution in [3.63, 3.8) is 0 Å². The van der Waals surface area contributed by atoms with Gasteiger partial charge in [0.15, 0.2) is 0 Å². The monoisotopic (exact) mass is 402 g/mol. The second-order valence-electron chi connectivity index (χ2n) is 7.63. The predicted octanol–water partition coefficient (Wildman–Crippen LogP) is 5.60. The molecule has 0 atom stereocenters. The minimum atomic E-state index is -0.506. The van der Waals surface area contributed by atoms with Crippen LogP contribution >= 0.6 is 0 Å². The van der Waals surface area contributed by atoms with Gasteiger partial charge in [0.1, 0.15) is 17.2 Å². The van der Waals surface area contributed by atoms with Crippen LogP contribution in [-0.4, -0.2) is 16.2 Å². The van der Waals surface area contributed by atoms with Gasteiger partial charge in [0.25, 0.3) is 0 Å². The van der Waals surface area contributed by atoms with Crippen LogP contribution in [0.5, 0.6) is 17.2 Å². The van der Waals surface area contributed by atoms with Gasteiger partial charge in [0.2, 0.25) is 0 Å². The molecule has 0 heterocycles. The second-order valence-corrected chi connectivity index (χ2v) is 7.63. The summed E-state index contributed by atoms with van der Waals surface area (Å²) in [6.07, 6.45) is 1.13. The van der Waals surface area contributed by atoms with Crippen LogP contribution in [0.25, 0.3) is 0 Å². The van der Waals surface area contributed by atoms with Gasteiger partial charge >= 0.3 is 5.97 Å². The van der Waals surface area contributed by atoms with Gasteiger partial charge in [-0.1, -0.05) is 43.0 Å². The van der Waals surface area contributed by atoms with E-state index in [2.05, 4.69) is 6.58 Å². The maximum absolute atomic E-state index is 11.5. The van der Waals surface area contributed by atoms with E-state index in [1.54, 1.807) is 12.1 Å². The van der Waals surface area contributed by atoms with Crippen LogP contribution < -0.4 is 4.74 Å². The number of esters is 1. The van der Waals surface area contributed by atoms with E-state index >= 15 is 0 Å². The standard InChI is InChI=1S/C26H26O4/c1-6-23(27)30-22-9-7-19(8-10-22)24(20-11-15(2)25(28)16(3)12-20)21-13-17(4)26(29)18(5)14-21/h6-14,24,28-29H,1H2,2-5H3. The molecule has 4 heteroatoms. The van der Waals surface area contributed by atoms with Crippen molar-refractivity contribution in [1.29, 1.82) is 0 Å². The van der Waals surface area contributed by atoms with Crippen molar-refractivity contribution < 1.29 is 19.7 Å². The Hall–Kier alpha value is -3.53. The van der Waals surface area contributed by atoms with Crippen LogP contribution in [0.1, 0.15) is 44.9 Å². The molecule has 3 aromatic rings. The molecular formula is C26H26O4. The molecule has 0 aliphatic rings. The minimum absolute atomic E-state index is 0.120.